The van der Waals surface area contributed by atoms with E-state index in [1.165, 1.54) is 0 Å². The number of nitrogens with one attached hydrogen (secondary N) is 1. The van der Waals surface area contributed by atoms with Crippen molar-refractivity contribution in [1.82, 2.24) is 5.32 Å². The Labute approximate surface area is 99.5 Å². The summed E-state index contributed by atoms with van der Waals surface area (Å²) in [5.74, 6) is -2.75. The van der Waals surface area contributed by atoms with Crippen LogP contribution < -0.4 is 16.8 Å². The monoisotopic (exact) mass is 245 g/mol. The molecule has 0 saturated heterocycles. The van der Waals surface area contributed by atoms with Crippen molar-refractivity contribution in [2.75, 3.05) is 0 Å². The number of carboxylic acid groups (broad SMARTS) is 1. The summed E-state index contributed by atoms with van der Waals surface area (Å²) in [4.78, 5) is 33.0. The predicted octanol–water partition coefficient (Wildman–Crippen LogP) is -1.20. The van der Waals surface area contributed by atoms with Crippen molar-refractivity contribution in [2.45, 2.75) is 38.8 Å². The number of carboxylic acids is 1. The lowest BCUT2D eigenvalue weighted by molar-refractivity contribution is -0.142. The first-order valence-electron chi connectivity index (χ1n) is 5.32. The standard InChI is InChI=1S/C10H19N3O4/c1-5(6(2)11)9(15)13-7(10(16)17)3-4-8(12)14/h5-7H,3-4,11H2,1-2H3,(H2,12,14)(H,13,15)(H,16,17)/t5?,6?,7-/m0/s1. The van der Waals surface area contributed by atoms with Crippen molar-refractivity contribution >= 4 is 17.8 Å². The number of primary amides is 1. The number of amides is 2. The number of nitrogens with two attached hydrogens (primary N) is 2. The minimum atomic E-state index is -1.20. The fraction of sp³-hybridized carbons (Fsp3) is 0.700. The van der Waals surface area contributed by atoms with E-state index in [0.29, 0.717) is 0 Å². The molecule has 2 amide bonds. The first-order chi connectivity index (χ1) is 7.75. The van der Waals surface area contributed by atoms with Gasteiger partial charge in [-0.05, 0) is 13.3 Å². The van der Waals surface area contributed by atoms with E-state index in [0.717, 1.165) is 0 Å². The van der Waals surface area contributed by atoms with Crippen molar-refractivity contribution in [1.29, 1.82) is 0 Å². The molecule has 98 valence electrons. The summed E-state index contributed by atoms with van der Waals surface area (Å²) in [6.07, 6.45) is -0.119. The summed E-state index contributed by atoms with van der Waals surface area (Å²) >= 11 is 0. The summed E-state index contributed by atoms with van der Waals surface area (Å²) in [5.41, 5.74) is 10.4. The second kappa shape index (κ2) is 6.85. The van der Waals surface area contributed by atoms with Gasteiger partial charge in [0.1, 0.15) is 6.04 Å². The molecular formula is C10H19N3O4. The molecule has 0 aliphatic rings. The van der Waals surface area contributed by atoms with Gasteiger partial charge in [-0.25, -0.2) is 4.79 Å². The normalized spacial score (nSPS) is 15.7. The third-order valence-electron chi connectivity index (χ3n) is 2.50. The maximum Gasteiger partial charge on any atom is 0.326 e. The van der Waals surface area contributed by atoms with Crippen LogP contribution >= 0.6 is 0 Å². The third-order valence-corrected chi connectivity index (χ3v) is 2.50. The first kappa shape index (κ1) is 15.4. The predicted molar refractivity (Wildman–Crippen MR) is 60.8 cm³/mol. The molecule has 0 aromatic rings. The Balaban J connectivity index is 4.39. The number of hydrogen-bond donors (Lipinski definition) is 4. The molecule has 0 saturated carbocycles. The number of carbonyl (C=O) groups excluding carboxylic acids is 2. The molecule has 2 unspecified atom stereocenters. The largest absolute Gasteiger partial charge is 0.480 e. The minimum Gasteiger partial charge on any atom is -0.480 e. The van der Waals surface area contributed by atoms with E-state index in [4.69, 9.17) is 16.6 Å². The van der Waals surface area contributed by atoms with Gasteiger partial charge in [0, 0.05) is 18.4 Å². The molecule has 7 nitrogen and oxygen atoms in total. The smallest absolute Gasteiger partial charge is 0.326 e. The van der Waals surface area contributed by atoms with E-state index < -0.39 is 29.7 Å². The zero-order chi connectivity index (χ0) is 13.6. The molecule has 0 aromatic carbocycles. The highest BCUT2D eigenvalue weighted by molar-refractivity contribution is 5.85. The topological polar surface area (TPSA) is 136 Å². The Kier molecular flexibility index (Phi) is 6.19. The molecule has 0 aliphatic heterocycles. The Bertz CT molecular complexity index is 304. The van der Waals surface area contributed by atoms with Crippen LogP contribution in [0.25, 0.3) is 0 Å². The Morgan fingerprint density at radius 3 is 2.18 bits per heavy atom. The molecule has 7 heteroatoms. The SMILES string of the molecule is CC(N)C(C)C(=O)N[C@@H](CCC(N)=O)C(=O)O. The molecule has 6 N–H and O–H groups in total. The molecule has 17 heavy (non-hydrogen) atoms. The average Bonchev–Trinajstić information content (AvgIpc) is 2.21. The van der Waals surface area contributed by atoms with Gasteiger partial charge in [0.25, 0.3) is 0 Å². The highest BCUT2D eigenvalue weighted by Crippen LogP contribution is 2.03. The molecule has 0 radical (unpaired) electrons. The van der Waals surface area contributed by atoms with Crippen molar-refractivity contribution in [2.24, 2.45) is 17.4 Å². The van der Waals surface area contributed by atoms with Crippen LogP contribution in [-0.2, 0) is 14.4 Å². The molecule has 0 spiro atoms. The number of rotatable bonds is 7. The van der Waals surface area contributed by atoms with E-state index in [-0.39, 0.29) is 18.9 Å². The van der Waals surface area contributed by atoms with Crippen LogP contribution in [0.15, 0.2) is 0 Å². The Morgan fingerprint density at radius 2 is 1.82 bits per heavy atom. The van der Waals surface area contributed by atoms with Gasteiger partial charge in [0.15, 0.2) is 0 Å². The van der Waals surface area contributed by atoms with Crippen LogP contribution in [0.4, 0.5) is 0 Å². The molecule has 0 aromatic heterocycles. The van der Waals surface area contributed by atoms with Gasteiger partial charge in [-0.3, -0.25) is 9.59 Å². The third kappa shape index (κ3) is 5.86. The zero-order valence-corrected chi connectivity index (χ0v) is 9.97. The van der Waals surface area contributed by atoms with Gasteiger partial charge in [0.05, 0.1) is 0 Å². The van der Waals surface area contributed by atoms with Gasteiger partial charge in [-0.2, -0.15) is 0 Å². The molecule has 0 fully saturated rings. The van der Waals surface area contributed by atoms with E-state index >= 15 is 0 Å². The first-order valence-corrected chi connectivity index (χ1v) is 5.32. The lowest BCUT2D eigenvalue weighted by atomic mass is 10.0. The van der Waals surface area contributed by atoms with Gasteiger partial charge < -0.3 is 21.9 Å². The average molecular weight is 245 g/mol. The maximum atomic E-state index is 11.6. The Morgan fingerprint density at radius 1 is 1.29 bits per heavy atom. The van der Waals surface area contributed by atoms with Crippen molar-refractivity contribution in [3.05, 3.63) is 0 Å². The van der Waals surface area contributed by atoms with Gasteiger partial charge in [0.2, 0.25) is 11.8 Å². The van der Waals surface area contributed by atoms with Gasteiger partial charge >= 0.3 is 5.97 Å². The second-order valence-corrected chi connectivity index (χ2v) is 4.05. The van der Waals surface area contributed by atoms with E-state index in [1.54, 1.807) is 13.8 Å². The van der Waals surface area contributed by atoms with Crippen molar-refractivity contribution < 1.29 is 19.5 Å². The minimum absolute atomic E-state index is 0.0257. The quantitative estimate of drug-likeness (QED) is 0.447. The van der Waals surface area contributed by atoms with Gasteiger partial charge in [-0.1, -0.05) is 6.92 Å². The van der Waals surface area contributed by atoms with Crippen LogP contribution in [0.2, 0.25) is 0 Å². The summed E-state index contributed by atoms with van der Waals surface area (Å²) in [6, 6.07) is -1.49. The van der Waals surface area contributed by atoms with Crippen molar-refractivity contribution in [3.8, 4) is 0 Å². The maximum absolute atomic E-state index is 11.6. The van der Waals surface area contributed by atoms with Crippen molar-refractivity contribution in [3.63, 3.8) is 0 Å². The van der Waals surface area contributed by atoms with Crippen LogP contribution in [0.3, 0.4) is 0 Å². The molecule has 0 bridgehead atoms. The van der Waals surface area contributed by atoms with Crippen LogP contribution in [-0.4, -0.2) is 35.0 Å². The van der Waals surface area contributed by atoms with E-state index in [1.807, 2.05) is 0 Å². The summed E-state index contributed by atoms with van der Waals surface area (Å²) in [6.45, 7) is 3.26. The summed E-state index contributed by atoms with van der Waals surface area (Å²) < 4.78 is 0. The molecule has 0 rings (SSSR count). The fourth-order valence-corrected chi connectivity index (χ4v) is 1.09. The Hall–Kier alpha value is -1.63. The van der Waals surface area contributed by atoms with Gasteiger partial charge in [-0.15, -0.1) is 0 Å². The molecular weight excluding hydrogens is 226 g/mol. The van der Waals surface area contributed by atoms with E-state index in [2.05, 4.69) is 5.32 Å². The fourth-order valence-electron chi connectivity index (χ4n) is 1.09. The van der Waals surface area contributed by atoms with Crippen LogP contribution in [0.5, 0.6) is 0 Å². The highest BCUT2D eigenvalue weighted by atomic mass is 16.4. The molecule has 0 aliphatic carbocycles. The second-order valence-electron chi connectivity index (χ2n) is 4.05. The van der Waals surface area contributed by atoms with E-state index in [9.17, 15) is 14.4 Å². The number of aliphatic carboxylic acids is 1. The summed E-state index contributed by atoms with van der Waals surface area (Å²) in [7, 11) is 0. The summed E-state index contributed by atoms with van der Waals surface area (Å²) in [5, 5.41) is 11.2. The van der Waals surface area contributed by atoms with Crippen LogP contribution in [0, 0.1) is 5.92 Å². The number of hydrogen-bond acceptors (Lipinski definition) is 4. The lowest BCUT2D eigenvalue weighted by Crippen LogP contribution is -2.46. The molecule has 3 atom stereocenters. The number of carbonyl (C=O) groups is 3. The lowest BCUT2D eigenvalue weighted by Gasteiger charge is -2.19. The zero-order valence-electron chi connectivity index (χ0n) is 9.97. The molecule has 0 heterocycles. The highest BCUT2D eigenvalue weighted by Gasteiger charge is 2.24. The van der Waals surface area contributed by atoms with Crippen LogP contribution in [0.1, 0.15) is 26.7 Å².